The highest BCUT2D eigenvalue weighted by Gasteiger charge is 2.32. The minimum absolute atomic E-state index is 0.342. The van der Waals surface area contributed by atoms with Gasteiger partial charge < -0.3 is 4.90 Å². The molecule has 0 N–H and O–H groups in total. The predicted molar refractivity (Wildman–Crippen MR) is 89.0 cm³/mol. The maximum atomic E-state index is 12.3. The van der Waals surface area contributed by atoms with Gasteiger partial charge in [0.25, 0.3) is 0 Å². The summed E-state index contributed by atoms with van der Waals surface area (Å²) in [6.45, 7) is 8.46. The lowest BCUT2D eigenvalue weighted by Gasteiger charge is -2.25. The molecule has 0 heterocycles. The Kier molecular flexibility index (Phi) is 6.08. The molecule has 1 saturated carbocycles. The highest BCUT2D eigenvalue weighted by Crippen LogP contribution is 2.31. The van der Waals surface area contributed by atoms with Crippen molar-refractivity contribution in [2.75, 3.05) is 13.1 Å². The van der Waals surface area contributed by atoms with E-state index < -0.39 is 0 Å². The van der Waals surface area contributed by atoms with Gasteiger partial charge in [-0.3, -0.25) is 4.79 Å². The summed E-state index contributed by atoms with van der Waals surface area (Å²) in [6, 6.07) is 0. The Labute approximate surface area is 130 Å². The van der Waals surface area contributed by atoms with Crippen LogP contribution in [0.25, 0.3) is 0 Å². The Morgan fingerprint density at radius 1 is 1.38 bits per heavy atom. The molecule has 2 aliphatic rings. The highest BCUT2D eigenvalue weighted by molar-refractivity contribution is 5.81. The van der Waals surface area contributed by atoms with Crippen LogP contribution >= 0.6 is 0 Å². The Morgan fingerprint density at radius 2 is 2.14 bits per heavy atom. The molecule has 118 valence electrons. The molecular weight excluding hydrogens is 258 g/mol. The van der Waals surface area contributed by atoms with Crippen molar-refractivity contribution in [1.82, 2.24) is 4.90 Å². The van der Waals surface area contributed by atoms with Crippen molar-refractivity contribution < 1.29 is 4.79 Å². The van der Waals surface area contributed by atoms with Gasteiger partial charge in [-0.1, -0.05) is 44.1 Å². The van der Waals surface area contributed by atoms with Crippen LogP contribution in [0.15, 0.2) is 23.8 Å². The van der Waals surface area contributed by atoms with Crippen LogP contribution in [0, 0.1) is 17.8 Å². The lowest BCUT2D eigenvalue weighted by atomic mass is 9.82. The predicted octanol–water partition coefficient (Wildman–Crippen LogP) is 4.57. The average Bonchev–Trinajstić information content (AvgIpc) is 3.28. The van der Waals surface area contributed by atoms with E-state index in [1.165, 1.54) is 18.4 Å². The largest absolute Gasteiger partial charge is 0.339 e. The third-order valence-corrected chi connectivity index (χ3v) is 4.82. The summed E-state index contributed by atoms with van der Waals surface area (Å²) in [5, 5.41) is 0. The van der Waals surface area contributed by atoms with Crippen molar-refractivity contribution in [1.29, 1.82) is 0 Å². The van der Waals surface area contributed by atoms with Gasteiger partial charge in [0, 0.05) is 19.0 Å². The molecule has 0 spiro atoms. The number of hydrogen-bond acceptors (Lipinski definition) is 1. The summed E-state index contributed by atoms with van der Waals surface area (Å²) in [6.07, 6.45) is 14.0. The van der Waals surface area contributed by atoms with Crippen LogP contribution in [0.5, 0.6) is 0 Å². The van der Waals surface area contributed by atoms with Crippen LogP contribution in [0.2, 0.25) is 0 Å². The number of allylic oxidation sites excluding steroid dienone is 3. The average molecular weight is 289 g/mol. The van der Waals surface area contributed by atoms with E-state index in [9.17, 15) is 4.79 Å². The quantitative estimate of drug-likeness (QED) is 0.628. The van der Waals surface area contributed by atoms with Gasteiger partial charge in [-0.2, -0.15) is 0 Å². The second-order valence-corrected chi connectivity index (χ2v) is 6.91. The molecule has 2 nitrogen and oxygen atoms in total. The maximum Gasteiger partial charge on any atom is 0.225 e. The third kappa shape index (κ3) is 5.01. The number of rotatable bonds is 7. The Hall–Kier alpha value is -1.05. The van der Waals surface area contributed by atoms with E-state index >= 15 is 0 Å². The van der Waals surface area contributed by atoms with Crippen molar-refractivity contribution >= 4 is 5.91 Å². The van der Waals surface area contributed by atoms with Crippen molar-refractivity contribution in [3.05, 3.63) is 23.8 Å². The molecule has 21 heavy (non-hydrogen) atoms. The molecule has 2 aliphatic carbocycles. The van der Waals surface area contributed by atoms with E-state index in [1.807, 2.05) is 0 Å². The lowest BCUT2D eigenvalue weighted by molar-refractivity contribution is -0.132. The molecule has 0 bridgehead atoms. The Bertz CT molecular complexity index is 406. The van der Waals surface area contributed by atoms with Gasteiger partial charge in [-0.25, -0.2) is 0 Å². The zero-order chi connectivity index (χ0) is 15.2. The third-order valence-electron chi connectivity index (χ3n) is 4.82. The van der Waals surface area contributed by atoms with Crippen molar-refractivity contribution in [3.63, 3.8) is 0 Å². The summed E-state index contributed by atoms with van der Waals surface area (Å²) < 4.78 is 0. The molecule has 0 aromatic heterocycles. The van der Waals surface area contributed by atoms with Crippen molar-refractivity contribution in [2.45, 2.75) is 59.3 Å². The fourth-order valence-corrected chi connectivity index (χ4v) is 3.18. The molecular formula is C19H31NO. The summed E-state index contributed by atoms with van der Waals surface area (Å²) in [5.41, 5.74) is 1.53. The van der Waals surface area contributed by atoms with Crippen LogP contribution in [-0.4, -0.2) is 23.9 Å². The van der Waals surface area contributed by atoms with Gasteiger partial charge in [0.1, 0.15) is 0 Å². The Balaban J connectivity index is 1.85. The van der Waals surface area contributed by atoms with Crippen LogP contribution in [-0.2, 0) is 4.79 Å². The zero-order valence-corrected chi connectivity index (χ0v) is 14.0. The number of nitrogens with zero attached hydrogens (tertiary/aromatic N) is 1. The van der Waals surface area contributed by atoms with Gasteiger partial charge >= 0.3 is 0 Å². The van der Waals surface area contributed by atoms with Gasteiger partial charge in [-0.15, -0.1) is 0 Å². The number of unbranched alkanes of at least 4 members (excludes halogenated alkanes) is 1. The van der Waals surface area contributed by atoms with E-state index in [-0.39, 0.29) is 0 Å². The first-order valence-corrected chi connectivity index (χ1v) is 8.74. The highest BCUT2D eigenvalue weighted by atomic mass is 16.2. The first kappa shape index (κ1) is 16.3. The maximum absolute atomic E-state index is 12.3. The van der Waals surface area contributed by atoms with E-state index in [0.717, 1.165) is 38.8 Å². The zero-order valence-electron chi connectivity index (χ0n) is 14.0. The molecule has 2 rings (SSSR count). The molecule has 1 fully saturated rings. The van der Waals surface area contributed by atoms with Crippen LogP contribution < -0.4 is 0 Å². The molecule has 2 atom stereocenters. The first-order valence-electron chi connectivity index (χ1n) is 8.74. The number of hydrogen-bond donors (Lipinski definition) is 0. The molecule has 0 aliphatic heterocycles. The van der Waals surface area contributed by atoms with Crippen LogP contribution in [0.3, 0.4) is 0 Å². The number of carbonyl (C=O) groups is 1. The summed E-state index contributed by atoms with van der Waals surface area (Å²) >= 11 is 0. The van der Waals surface area contributed by atoms with Crippen molar-refractivity contribution in [3.8, 4) is 0 Å². The molecule has 0 radical (unpaired) electrons. The lowest BCUT2D eigenvalue weighted by Crippen LogP contribution is -2.33. The summed E-state index contributed by atoms with van der Waals surface area (Å²) in [4.78, 5) is 14.4. The van der Waals surface area contributed by atoms with E-state index in [1.54, 1.807) is 0 Å². The first-order chi connectivity index (χ1) is 10.1. The normalized spacial score (nSPS) is 26.0. The Morgan fingerprint density at radius 3 is 2.76 bits per heavy atom. The fourth-order valence-electron chi connectivity index (χ4n) is 3.18. The fraction of sp³-hybridized carbons (Fsp3) is 0.737. The van der Waals surface area contributed by atoms with Crippen molar-refractivity contribution in [2.24, 2.45) is 17.8 Å². The SMILES string of the molecule is CCCCN(C/C=C\C1CCC(C)=CC1C)C(=O)C1CC1. The van der Waals surface area contributed by atoms with Crippen LogP contribution in [0.1, 0.15) is 59.3 Å². The molecule has 0 aromatic carbocycles. The van der Waals surface area contributed by atoms with E-state index in [0.29, 0.717) is 23.7 Å². The molecule has 1 amide bonds. The second-order valence-electron chi connectivity index (χ2n) is 6.91. The smallest absolute Gasteiger partial charge is 0.225 e. The molecule has 2 heteroatoms. The number of carbonyl (C=O) groups excluding carboxylic acids is 1. The van der Waals surface area contributed by atoms with Gasteiger partial charge in [0.05, 0.1) is 0 Å². The molecule has 0 saturated heterocycles. The molecule has 2 unspecified atom stereocenters. The van der Waals surface area contributed by atoms with Gasteiger partial charge in [0.2, 0.25) is 5.91 Å². The van der Waals surface area contributed by atoms with E-state index in [4.69, 9.17) is 0 Å². The minimum atomic E-state index is 0.342. The van der Waals surface area contributed by atoms with Gasteiger partial charge in [-0.05, 0) is 50.9 Å². The monoisotopic (exact) mass is 289 g/mol. The topological polar surface area (TPSA) is 20.3 Å². The van der Waals surface area contributed by atoms with Crippen LogP contribution in [0.4, 0.5) is 0 Å². The summed E-state index contributed by atoms with van der Waals surface area (Å²) in [7, 11) is 0. The standard InChI is InChI=1S/C19H31NO/c1-4-5-12-20(19(21)18-10-11-18)13-6-7-17-9-8-15(2)14-16(17)3/h6-7,14,16-18H,4-5,8-13H2,1-3H3/b7-6-. The minimum Gasteiger partial charge on any atom is -0.339 e. The molecule has 0 aromatic rings. The second kappa shape index (κ2) is 7.82. The van der Waals surface area contributed by atoms with Gasteiger partial charge in [0.15, 0.2) is 0 Å². The van der Waals surface area contributed by atoms with E-state index in [2.05, 4.69) is 43.9 Å². The summed E-state index contributed by atoms with van der Waals surface area (Å²) in [5.74, 6) is 2.02. The number of amides is 1.